The smallest absolute Gasteiger partial charge is 0.341 e. The number of aliphatic imine (C=N–C) groups is 1. The minimum Gasteiger partial charge on any atom is -0.465 e. The number of ether oxygens (including phenoxy) is 1. The van der Waals surface area contributed by atoms with Gasteiger partial charge in [0.05, 0.1) is 12.8 Å². The third-order valence-electron chi connectivity index (χ3n) is 4.37. The van der Waals surface area contributed by atoms with E-state index in [9.17, 15) is 9.18 Å². The molecule has 2 aromatic carbocycles. The maximum absolute atomic E-state index is 13.4. The molecule has 1 heterocycles. The lowest BCUT2D eigenvalue weighted by Crippen LogP contribution is -2.37. The van der Waals surface area contributed by atoms with Crippen molar-refractivity contribution in [1.82, 2.24) is 5.32 Å². The highest BCUT2D eigenvalue weighted by atomic mass is 32.2. The van der Waals surface area contributed by atoms with Crippen LogP contribution in [0.5, 0.6) is 0 Å². The van der Waals surface area contributed by atoms with E-state index in [2.05, 4.69) is 17.4 Å². The molecule has 28 heavy (non-hydrogen) atoms. The van der Waals surface area contributed by atoms with Gasteiger partial charge in [0, 0.05) is 17.0 Å². The minimum absolute atomic E-state index is 0.0693. The molecule has 0 spiro atoms. The number of hydrogen-bond donors (Lipinski definition) is 1. The zero-order chi connectivity index (χ0) is 20.1. The van der Waals surface area contributed by atoms with Crippen LogP contribution in [0, 0.1) is 11.7 Å². The highest BCUT2D eigenvalue weighted by molar-refractivity contribution is 7.99. The highest BCUT2D eigenvalue weighted by Crippen LogP contribution is 2.29. The Labute approximate surface area is 168 Å². The number of esters is 1. The van der Waals surface area contributed by atoms with Crippen LogP contribution < -0.4 is 5.32 Å². The quantitative estimate of drug-likeness (QED) is 0.727. The van der Waals surface area contributed by atoms with E-state index in [1.807, 2.05) is 32.0 Å². The van der Waals surface area contributed by atoms with Crippen molar-refractivity contribution in [1.29, 1.82) is 0 Å². The Balaban J connectivity index is 1.97. The fourth-order valence-electron chi connectivity index (χ4n) is 2.97. The molecule has 0 radical (unpaired) electrons. The van der Waals surface area contributed by atoms with Crippen molar-refractivity contribution in [3.05, 3.63) is 82.8 Å². The van der Waals surface area contributed by atoms with Crippen LogP contribution in [0.15, 0.2) is 70.9 Å². The van der Waals surface area contributed by atoms with E-state index >= 15 is 0 Å². The van der Waals surface area contributed by atoms with Crippen molar-refractivity contribution in [3.8, 4) is 0 Å². The van der Waals surface area contributed by atoms with Gasteiger partial charge in [0.2, 0.25) is 0 Å². The average molecular weight is 399 g/mol. The second-order valence-electron chi connectivity index (χ2n) is 6.71. The molecule has 0 amide bonds. The SMILES string of the molecule is COC(=O)C1=C(C(C)C)NC(SCc2ccccc2)N=C1c1ccc(F)cc1. The first kappa shape index (κ1) is 20.1. The number of carbonyl (C=O) groups is 1. The van der Waals surface area contributed by atoms with E-state index in [0.717, 1.165) is 11.4 Å². The largest absolute Gasteiger partial charge is 0.465 e. The predicted octanol–water partition coefficient (Wildman–Crippen LogP) is 4.52. The van der Waals surface area contributed by atoms with Crippen LogP contribution in [-0.4, -0.2) is 24.3 Å². The Morgan fingerprint density at radius 3 is 2.46 bits per heavy atom. The third-order valence-corrected chi connectivity index (χ3v) is 5.41. The number of hydrogen-bond acceptors (Lipinski definition) is 5. The lowest BCUT2D eigenvalue weighted by atomic mass is 9.94. The van der Waals surface area contributed by atoms with Crippen LogP contribution in [0.25, 0.3) is 0 Å². The Morgan fingerprint density at radius 1 is 1.18 bits per heavy atom. The maximum Gasteiger partial charge on any atom is 0.341 e. The molecule has 1 aliphatic rings. The van der Waals surface area contributed by atoms with E-state index < -0.39 is 5.97 Å². The normalized spacial score (nSPS) is 16.6. The Bertz CT molecular complexity index is 893. The van der Waals surface area contributed by atoms with Gasteiger partial charge in [-0.2, -0.15) is 0 Å². The van der Waals surface area contributed by atoms with Gasteiger partial charge < -0.3 is 10.1 Å². The van der Waals surface area contributed by atoms with Gasteiger partial charge in [-0.05, 0) is 35.7 Å². The molecule has 0 saturated carbocycles. The Hall–Kier alpha value is -2.60. The van der Waals surface area contributed by atoms with Gasteiger partial charge in [0.25, 0.3) is 0 Å². The summed E-state index contributed by atoms with van der Waals surface area (Å²) in [6.45, 7) is 4.02. The number of carbonyl (C=O) groups excluding carboxylic acids is 1. The lowest BCUT2D eigenvalue weighted by Gasteiger charge is -2.29. The fourth-order valence-corrected chi connectivity index (χ4v) is 3.90. The standard InChI is InChI=1S/C22H23FN2O2S/c1-14(2)19-18(21(26)27-3)20(16-9-11-17(23)12-10-16)25-22(24-19)28-13-15-7-5-4-6-8-15/h4-12,14,22,24H,13H2,1-3H3. The van der Waals surface area contributed by atoms with Crippen molar-refractivity contribution in [2.24, 2.45) is 10.9 Å². The summed E-state index contributed by atoms with van der Waals surface area (Å²) in [5, 5.41) is 3.38. The van der Waals surface area contributed by atoms with Gasteiger partial charge in [-0.25, -0.2) is 14.2 Å². The summed E-state index contributed by atoms with van der Waals surface area (Å²) in [6.07, 6.45) is 0. The number of nitrogens with zero attached hydrogens (tertiary/aromatic N) is 1. The molecule has 0 aliphatic carbocycles. The summed E-state index contributed by atoms with van der Waals surface area (Å²) in [6, 6.07) is 16.2. The van der Waals surface area contributed by atoms with Crippen LogP contribution in [-0.2, 0) is 15.3 Å². The van der Waals surface area contributed by atoms with Crippen molar-refractivity contribution in [2.45, 2.75) is 25.1 Å². The highest BCUT2D eigenvalue weighted by Gasteiger charge is 2.31. The van der Waals surface area contributed by atoms with Crippen molar-refractivity contribution < 1.29 is 13.9 Å². The first-order valence-corrected chi connectivity index (χ1v) is 10.1. The minimum atomic E-state index is -0.453. The molecular formula is C22H23FN2O2S. The molecule has 1 aliphatic heterocycles. The molecule has 0 saturated heterocycles. The summed E-state index contributed by atoms with van der Waals surface area (Å²) in [7, 11) is 1.35. The van der Waals surface area contributed by atoms with Crippen molar-refractivity contribution >= 4 is 23.4 Å². The number of methoxy groups -OCH3 is 1. The molecule has 146 valence electrons. The Morgan fingerprint density at radius 2 is 1.86 bits per heavy atom. The van der Waals surface area contributed by atoms with Gasteiger partial charge in [-0.1, -0.05) is 44.2 Å². The fraction of sp³-hybridized carbons (Fsp3) is 0.273. The lowest BCUT2D eigenvalue weighted by molar-refractivity contribution is -0.135. The number of halogens is 1. The van der Waals surface area contributed by atoms with Gasteiger partial charge in [0.1, 0.15) is 11.4 Å². The number of allylic oxidation sites excluding steroid dienone is 1. The molecule has 1 unspecified atom stereocenters. The van der Waals surface area contributed by atoms with Crippen LogP contribution >= 0.6 is 11.8 Å². The van der Waals surface area contributed by atoms with E-state index in [-0.39, 0.29) is 17.2 Å². The van der Waals surface area contributed by atoms with E-state index in [1.165, 1.54) is 24.8 Å². The van der Waals surface area contributed by atoms with Crippen LogP contribution in [0.4, 0.5) is 4.39 Å². The van der Waals surface area contributed by atoms with Gasteiger partial charge >= 0.3 is 5.97 Å². The zero-order valence-electron chi connectivity index (χ0n) is 16.1. The molecule has 2 aromatic rings. The van der Waals surface area contributed by atoms with Gasteiger partial charge in [-0.15, -0.1) is 11.8 Å². The Kier molecular flexibility index (Phi) is 6.52. The molecule has 6 heteroatoms. The van der Waals surface area contributed by atoms with Gasteiger partial charge in [0.15, 0.2) is 5.50 Å². The van der Waals surface area contributed by atoms with Crippen LogP contribution in [0.1, 0.15) is 25.0 Å². The van der Waals surface area contributed by atoms with Crippen molar-refractivity contribution in [3.63, 3.8) is 0 Å². The number of thioether (sulfide) groups is 1. The summed E-state index contributed by atoms with van der Waals surface area (Å²) < 4.78 is 18.4. The predicted molar refractivity (Wildman–Crippen MR) is 111 cm³/mol. The second-order valence-corrected chi connectivity index (χ2v) is 7.78. The average Bonchev–Trinajstić information content (AvgIpc) is 2.72. The molecular weight excluding hydrogens is 375 g/mol. The third kappa shape index (κ3) is 4.62. The van der Waals surface area contributed by atoms with Gasteiger partial charge in [-0.3, -0.25) is 0 Å². The van der Waals surface area contributed by atoms with Crippen molar-refractivity contribution in [2.75, 3.05) is 7.11 Å². The van der Waals surface area contributed by atoms with E-state index in [1.54, 1.807) is 23.9 Å². The molecule has 1 N–H and O–H groups in total. The van der Waals surface area contributed by atoms with Crippen LogP contribution in [0.3, 0.4) is 0 Å². The summed E-state index contributed by atoms with van der Waals surface area (Å²) in [5.41, 5.74) is 3.34. The first-order valence-electron chi connectivity index (χ1n) is 9.08. The van der Waals surface area contributed by atoms with E-state index in [4.69, 9.17) is 9.73 Å². The number of rotatable bonds is 6. The topological polar surface area (TPSA) is 50.7 Å². The number of benzene rings is 2. The second kappa shape index (κ2) is 9.06. The molecule has 0 bridgehead atoms. The number of nitrogens with one attached hydrogen (secondary N) is 1. The molecule has 0 fully saturated rings. The van der Waals surface area contributed by atoms with Crippen LogP contribution in [0.2, 0.25) is 0 Å². The molecule has 4 nitrogen and oxygen atoms in total. The molecule has 1 atom stereocenters. The summed E-state index contributed by atoms with van der Waals surface area (Å²) >= 11 is 1.64. The maximum atomic E-state index is 13.4. The first-order chi connectivity index (χ1) is 13.5. The molecule has 3 rings (SSSR count). The monoisotopic (exact) mass is 398 g/mol. The summed E-state index contributed by atoms with van der Waals surface area (Å²) in [5.74, 6) is 0.0593. The summed E-state index contributed by atoms with van der Waals surface area (Å²) in [4.78, 5) is 17.3. The van der Waals surface area contributed by atoms with E-state index in [0.29, 0.717) is 16.8 Å². The molecule has 0 aromatic heterocycles. The zero-order valence-corrected chi connectivity index (χ0v) is 16.9.